The number of amides is 1. The van der Waals surface area contributed by atoms with Crippen molar-refractivity contribution in [2.75, 3.05) is 4.90 Å². The predicted molar refractivity (Wildman–Crippen MR) is 146 cm³/mol. The number of aliphatic hydroxyl groups excluding tert-OH is 1. The van der Waals surface area contributed by atoms with Gasteiger partial charge in [-0.3, -0.25) is 14.5 Å². The van der Waals surface area contributed by atoms with Gasteiger partial charge < -0.3 is 5.11 Å². The molecule has 6 nitrogen and oxygen atoms in total. The topological polar surface area (TPSA) is 83.4 Å². The minimum Gasteiger partial charge on any atom is -0.507 e. The van der Waals surface area contributed by atoms with Crippen LogP contribution in [0.4, 0.5) is 9.52 Å². The summed E-state index contributed by atoms with van der Waals surface area (Å²) in [5, 5.41) is 19.8. The summed E-state index contributed by atoms with van der Waals surface area (Å²) in [5.74, 6) is -1.86. The first kappa shape index (κ1) is 25.3. The monoisotopic (exact) mass is 595 g/mol. The molecule has 37 heavy (non-hydrogen) atoms. The first-order valence-corrected chi connectivity index (χ1v) is 13.8. The Kier molecular flexibility index (Phi) is 7.23. The first-order valence-electron chi connectivity index (χ1n) is 11.2. The molecule has 0 saturated carbocycles. The lowest BCUT2D eigenvalue weighted by Crippen LogP contribution is -2.29. The van der Waals surface area contributed by atoms with Crippen LogP contribution in [0.5, 0.6) is 0 Å². The van der Waals surface area contributed by atoms with E-state index in [2.05, 4.69) is 26.1 Å². The molecule has 5 rings (SSSR count). The summed E-state index contributed by atoms with van der Waals surface area (Å²) in [5.41, 5.74) is 3.03. The van der Waals surface area contributed by atoms with Gasteiger partial charge in [0.25, 0.3) is 5.78 Å². The Morgan fingerprint density at radius 3 is 2.51 bits per heavy atom. The average Bonchev–Trinajstić information content (AvgIpc) is 3.46. The highest BCUT2D eigenvalue weighted by molar-refractivity contribution is 9.10. The maximum Gasteiger partial charge on any atom is 0.301 e. The first-order chi connectivity index (χ1) is 17.8. The lowest BCUT2D eigenvalue weighted by Gasteiger charge is -2.22. The molecule has 1 atom stereocenters. The van der Waals surface area contributed by atoms with Crippen molar-refractivity contribution in [3.8, 4) is 0 Å². The Bertz CT molecular complexity index is 1520. The summed E-state index contributed by atoms with van der Waals surface area (Å²) in [6.07, 6.45) is 0. The van der Waals surface area contributed by atoms with Crippen LogP contribution in [0.2, 0.25) is 0 Å². The van der Waals surface area contributed by atoms with E-state index in [4.69, 9.17) is 0 Å². The van der Waals surface area contributed by atoms with Crippen LogP contribution in [-0.2, 0) is 15.3 Å². The van der Waals surface area contributed by atoms with Crippen LogP contribution in [0, 0.1) is 12.7 Å². The number of aliphatic hydroxyl groups is 1. The fourth-order valence-electron chi connectivity index (χ4n) is 3.97. The smallest absolute Gasteiger partial charge is 0.301 e. The average molecular weight is 597 g/mol. The zero-order valence-electron chi connectivity index (χ0n) is 19.4. The lowest BCUT2D eigenvalue weighted by atomic mass is 9.95. The van der Waals surface area contributed by atoms with Crippen molar-refractivity contribution in [2.24, 2.45) is 0 Å². The lowest BCUT2D eigenvalue weighted by molar-refractivity contribution is -0.132. The van der Waals surface area contributed by atoms with Crippen molar-refractivity contribution in [1.29, 1.82) is 0 Å². The largest absolute Gasteiger partial charge is 0.507 e. The van der Waals surface area contributed by atoms with Gasteiger partial charge in [-0.15, -0.1) is 10.2 Å². The van der Waals surface area contributed by atoms with E-state index in [1.807, 2.05) is 37.3 Å². The SMILES string of the molecule is Cc1ccc(CSc2nnc(N3C(=O)C(=O)/C(=C(\O)c4ccc(F)cc4)C3c3cccc(Br)c3)s2)cc1. The van der Waals surface area contributed by atoms with E-state index in [1.165, 1.54) is 57.8 Å². The van der Waals surface area contributed by atoms with Gasteiger partial charge in [-0.2, -0.15) is 0 Å². The molecule has 1 fully saturated rings. The molecule has 1 aromatic heterocycles. The summed E-state index contributed by atoms with van der Waals surface area (Å²) in [6.45, 7) is 2.03. The van der Waals surface area contributed by atoms with Gasteiger partial charge in [0.15, 0.2) is 4.34 Å². The zero-order chi connectivity index (χ0) is 26.1. The van der Waals surface area contributed by atoms with E-state index < -0.39 is 23.5 Å². The summed E-state index contributed by atoms with van der Waals surface area (Å²) in [4.78, 5) is 27.8. The van der Waals surface area contributed by atoms with Gasteiger partial charge in [-0.1, -0.05) is 81.0 Å². The highest BCUT2D eigenvalue weighted by Crippen LogP contribution is 2.44. The fourth-order valence-corrected chi connectivity index (χ4v) is 6.21. The third kappa shape index (κ3) is 5.22. The number of anilines is 1. The number of aromatic nitrogens is 2. The molecule has 1 aliphatic rings. The van der Waals surface area contributed by atoms with Crippen LogP contribution in [0.15, 0.2) is 87.2 Å². The van der Waals surface area contributed by atoms with Crippen LogP contribution in [0.1, 0.15) is 28.3 Å². The molecule has 2 heterocycles. The Balaban J connectivity index is 1.53. The van der Waals surface area contributed by atoms with E-state index in [-0.39, 0.29) is 22.0 Å². The van der Waals surface area contributed by atoms with Crippen molar-refractivity contribution in [3.63, 3.8) is 0 Å². The molecule has 1 unspecified atom stereocenters. The Labute approximate surface area is 229 Å². The van der Waals surface area contributed by atoms with Gasteiger partial charge in [-0.05, 0) is 54.4 Å². The van der Waals surface area contributed by atoms with E-state index in [0.717, 1.165) is 10.0 Å². The van der Waals surface area contributed by atoms with Crippen molar-refractivity contribution in [3.05, 3.63) is 111 Å². The van der Waals surface area contributed by atoms with Gasteiger partial charge in [-0.25, -0.2) is 4.39 Å². The second-order valence-electron chi connectivity index (χ2n) is 8.36. The van der Waals surface area contributed by atoms with Crippen molar-refractivity contribution in [2.45, 2.75) is 23.1 Å². The number of carbonyl (C=O) groups excluding carboxylic acids is 2. The molecule has 1 saturated heterocycles. The number of nitrogens with zero attached hydrogens (tertiary/aromatic N) is 3. The molecule has 4 aromatic rings. The number of halogens is 2. The molecule has 1 aliphatic heterocycles. The number of hydrogen-bond acceptors (Lipinski definition) is 7. The van der Waals surface area contributed by atoms with Crippen molar-refractivity contribution >= 4 is 61.6 Å². The minimum absolute atomic E-state index is 0.0984. The van der Waals surface area contributed by atoms with Gasteiger partial charge >= 0.3 is 5.91 Å². The summed E-state index contributed by atoms with van der Waals surface area (Å²) in [7, 11) is 0. The molecule has 1 amide bonds. The number of hydrogen-bond donors (Lipinski definition) is 1. The highest BCUT2D eigenvalue weighted by Gasteiger charge is 2.48. The fraction of sp³-hybridized carbons (Fsp3) is 0.111. The summed E-state index contributed by atoms with van der Waals surface area (Å²) in [6, 6.07) is 19.5. The summed E-state index contributed by atoms with van der Waals surface area (Å²) >= 11 is 6.12. The highest BCUT2D eigenvalue weighted by atomic mass is 79.9. The molecule has 3 aromatic carbocycles. The number of ketones is 1. The number of Topliss-reactive ketones (excluding diaryl/α,β-unsaturated/α-hetero) is 1. The molecule has 186 valence electrons. The standard InChI is InChI=1S/C27H19BrFN3O3S2/c1-15-5-7-16(8-6-15)14-36-27-31-30-26(37-27)32-22(18-3-2-4-19(28)13-18)21(24(34)25(32)35)23(33)17-9-11-20(29)12-10-17/h2-13,22,33H,14H2,1H3/b23-21-. The third-order valence-electron chi connectivity index (χ3n) is 5.81. The van der Waals surface area contributed by atoms with Gasteiger partial charge in [0.1, 0.15) is 11.6 Å². The van der Waals surface area contributed by atoms with Crippen molar-refractivity contribution in [1.82, 2.24) is 10.2 Å². The molecular weight excluding hydrogens is 577 g/mol. The van der Waals surface area contributed by atoms with Crippen LogP contribution in [-0.4, -0.2) is 27.0 Å². The predicted octanol–water partition coefficient (Wildman–Crippen LogP) is 6.67. The third-order valence-corrected chi connectivity index (χ3v) is 8.43. The van der Waals surface area contributed by atoms with E-state index >= 15 is 0 Å². The number of carbonyl (C=O) groups is 2. The number of thioether (sulfide) groups is 1. The number of rotatable bonds is 6. The van der Waals surface area contributed by atoms with Crippen LogP contribution < -0.4 is 4.90 Å². The van der Waals surface area contributed by atoms with Gasteiger partial charge in [0.05, 0.1) is 11.6 Å². The molecule has 0 spiro atoms. The molecular formula is C27H19BrFN3O3S2. The Hall–Kier alpha value is -3.34. The zero-order valence-corrected chi connectivity index (χ0v) is 22.6. The van der Waals surface area contributed by atoms with Gasteiger partial charge in [0.2, 0.25) is 5.13 Å². The second-order valence-corrected chi connectivity index (χ2v) is 11.4. The molecule has 0 bridgehead atoms. The minimum atomic E-state index is -0.939. The maximum atomic E-state index is 13.5. The number of benzene rings is 3. The summed E-state index contributed by atoms with van der Waals surface area (Å²) < 4.78 is 14.9. The molecule has 0 aliphatic carbocycles. The van der Waals surface area contributed by atoms with E-state index in [0.29, 0.717) is 15.7 Å². The van der Waals surface area contributed by atoms with E-state index in [9.17, 15) is 19.1 Å². The van der Waals surface area contributed by atoms with E-state index in [1.54, 1.807) is 18.2 Å². The second kappa shape index (κ2) is 10.6. The van der Waals surface area contributed by atoms with Crippen LogP contribution in [0.3, 0.4) is 0 Å². The van der Waals surface area contributed by atoms with Crippen LogP contribution >= 0.6 is 39.0 Å². The molecule has 1 N–H and O–H groups in total. The molecule has 0 radical (unpaired) electrons. The Morgan fingerprint density at radius 2 is 1.81 bits per heavy atom. The Morgan fingerprint density at radius 1 is 1.08 bits per heavy atom. The quantitative estimate of drug-likeness (QED) is 0.0881. The maximum absolute atomic E-state index is 13.5. The van der Waals surface area contributed by atoms with Gasteiger partial charge in [0, 0.05) is 15.8 Å². The number of aryl methyl sites for hydroxylation is 1. The normalized spacial score (nSPS) is 16.9. The van der Waals surface area contributed by atoms with Crippen LogP contribution in [0.25, 0.3) is 5.76 Å². The molecule has 10 heteroatoms. The van der Waals surface area contributed by atoms with Crippen molar-refractivity contribution < 1.29 is 19.1 Å².